The van der Waals surface area contributed by atoms with E-state index in [1.165, 1.54) is 0 Å². The molecule has 1 aromatic heterocycles. The highest BCUT2D eigenvalue weighted by molar-refractivity contribution is 5.90. The number of hydrogen-bond acceptors (Lipinski definition) is 4. The van der Waals surface area contributed by atoms with E-state index in [4.69, 9.17) is 0 Å². The van der Waals surface area contributed by atoms with Gasteiger partial charge in [-0.25, -0.2) is 0 Å². The van der Waals surface area contributed by atoms with E-state index in [1.54, 1.807) is 18.6 Å². The first-order chi connectivity index (χ1) is 7.75. The summed E-state index contributed by atoms with van der Waals surface area (Å²) in [5.41, 5.74) is 0.695. The molecule has 0 saturated carbocycles. The van der Waals surface area contributed by atoms with Gasteiger partial charge in [0.15, 0.2) is 0 Å². The number of rotatable bonds is 3. The van der Waals surface area contributed by atoms with E-state index in [0.29, 0.717) is 25.1 Å². The molecule has 2 amide bonds. The minimum Gasteiger partial charge on any atom is -0.349 e. The van der Waals surface area contributed by atoms with Crippen molar-refractivity contribution in [2.45, 2.75) is 25.4 Å². The zero-order chi connectivity index (χ0) is 11.4. The number of nitrogens with one attached hydrogen (secondary N) is 2. The first-order valence-corrected chi connectivity index (χ1v) is 5.07. The lowest BCUT2D eigenvalue weighted by Gasteiger charge is -2.09. The number of carbonyl (C=O) groups is 2. The van der Waals surface area contributed by atoms with Crippen LogP contribution in [0.2, 0.25) is 0 Å². The average molecular weight is 220 g/mol. The highest BCUT2D eigenvalue weighted by Gasteiger charge is 2.26. The molecule has 16 heavy (non-hydrogen) atoms. The Hall–Kier alpha value is -1.98. The average Bonchev–Trinajstić information content (AvgIpc) is 2.74. The largest absolute Gasteiger partial charge is 0.349 e. The van der Waals surface area contributed by atoms with Crippen LogP contribution in [-0.4, -0.2) is 27.8 Å². The van der Waals surface area contributed by atoms with Gasteiger partial charge in [-0.05, 0) is 6.42 Å². The van der Waals surface area contributed by atoms with Crippen LogP contribution in [0.4, 0.5) is 0 Å². The van der Waals surface area contributed by atoms with E-state index in [1.807, 2.05) is 0 Å². The lowest BCUT2D eigenvalue weighted by atomic mass is 10.2. The molecule has 0 bridgehead atoms. The SMILES string of the molecule is O=C1CCC(C(=O)NCc2cnccn2)N1. The Morgan fingerprint density at radius 3 is 3.06 bits per heavy atom. The second kappa shape index (κ2) is 4.69. The zero-order valence-electron chi connectivity index (χ0n) is 8.64. The van der Waals surface area contributed by atoms with Gasteiger partial charge in [-0.2, -0.15) is 0 Å². The van der Waals surface area contributed by atoms with Gasteiger partial charge in [-0.15, -0.1) is 0 Å². The predicted molar refractivity (Wildman–Crippen MR) is 55.0 cm³/mol. The molecule has 84 valence electrons. The molecule has 0 aliphatic carbocycles. The molecule has 1 fully saturated rings. The van der Waals surface area contributed by atoms with E-state index in [9.17, 15) is 9.59 Å². The van der Waals surface area contributed by atoms with Crippen molar-refractivity contribution in [3.8, 4) is 0 Å². The number of amides is 2. The van der Waals surface area contributed by atoms with Crippen LogP contribution >= 0.6 is 0 Å². The number of hydrogen-bond donors (Lipinski definition) is 2. The maximum Gasteiger partial charge on any atom is 0.242 e. The molecule has 1 saturated heterocycles. The third-order valence-electron chi connectivity index (χ3n) is 2.37. The fraction of sp³-hybridized carbons (Fsp3) is 0.400. The van der Waals surface area contributed by atoms with Gasteiger partial charge in [-0.3, -0.25) is 19.6 Å². The van der Waals surface area contributed by atoms with Crippen LogP contribution in [0.25, 0.3) is 0 Å². The first-order valence-electron chi connectivity index (χ1n) is 5.07. The Morgan fingerprint density at radius 2 is 2.44 bits per heavy atom. The molecule has 1 aliphatic rings. The third kappa shape index (κ3) is 2.53. The minimum atomic E-state index is -0.399. The van der Waals surface area contributed by atoms with Gasteiger partial charge in [0.25, 0.3) is 0 Å². The fourth-order valence-corrected chi connectivity index (χ4v) is 1.53. The summed E-state index contributed by atoms with van der Waals surface area (Å²) in [4.78, 5) is 30.4. The van der Waals surface area contributed by atoms with Gasteiger partial charge in [0.1, 0.15) is 6.04 Å². The monoisotopic (exact) mass is 220 g/mol. The van der Waals surface area contributed by atoms with Crippen molar-refractivity contribution in [1.82, 2.24) is 20.6 Å². The van der Waals surface area contributed by atoms with Crippen LogP contribution in [-0.2, 0) is 16.1 Å². The zero-order valence-corrected chi connectivity index (χ0v) is 8.64. The number of aromatic nitrogens is 2. The molecular weight excluding hydrogens is 208 g/mol. The Bertz CT molecular complexity index is 393. The summed E-state index contributed by atoms with van der Waals surface area (Å²) in [6.07, 6.45) is 5.71. The molecule has 2 N–H and O–H groups in total. The van der Waals surface area contributed by atoms with Crippen molar-refractivity contribution in [2.75, 3.05) is 0 Å². The molecule has 1 atom stereocenters. The van der Waals surface area contributed by atoms with Gasteiger partial charge >= 0.3 is 0 Å². The van der Waals surface area contributed by atoms with E-state index in [2.05, 4.69) is 20.6 Å². The maximum absolute atomic E-state index is 11.6. The van der Waals surface area contributed by atoms with Gasteiger partial charge in [0.2, 0.25) is 11.8 Å². The van der Waals surface area contributed by atoms with Gasteiger partial charge < -0.3 is 10.6 Å². The minimum absolute atomic E-state index is 0.0698. The van der Waals surface area contributed by atoms with Crippen LogP contribution in [0.3, 0.4) is 0 Å². The Labute approximate surface area is 92.5 Å². The summed E-state index contributed by atoms with van der Waals surface area (Å²) in [5, 5.41) is 5.31. The van der Waals surface area contributed by atoms with Crippen molar-refractivity contribution in [1.29, 1.82) is 0 Å². The maximum atomic E-state index is 11.6. The summed E-state index contributed by atoms with van der Waals surface area (Å²) in [6.45, 7) is 0.332. The lowest BCUT2D eigenvalue weighted by molar-refractivity contribution is -0.125. The lowest BCUT2D eigenvalue weighted by Crippen LogP contribution is -2.41. The van der Waals surface area contributed by atoms with Crippen molar-refractivity contribution < 1.29 is 9.59 Å². The summed E-state index contributed by atoms with van der Waals surface area (Å²) < 4.78 is 0. The molecule has 1 aromatic rings. The second-order valence-corrected chi connectivity index (χ2v) is 3.57. The van der Waals surface area contributed by atoms with Crippen molar-refractivity contribution in [3.63, 3.8) is 0 Å². The van der Waals surface area contributed by atoms with Gasteiger partial charge in [-0.1, -0.05) is 0 Å². The van der Waals surface area contributed by atoms with E-state index >= 15 is 0 Å². The molecule has 2 rings (SSSR count). The fourth-order valence-electron chi connectivity index (χ4n) is 1.53. The number of carbonyl (C=O) groups excluding carboxylic acids is 2. The van der Waals surface area contributed by atoms with Crippen molar-refractivity contribution in [2.24, 2.45) is 0 Å². The topological polar surface area (TPSA) is 84.0 Å². The molecule has 0 spiro atoms. The van der Waals surface area contributed by atoms with Gasteiger partial charge in [0.05, 0.1) is 18.4 Å². The normalized spacial score (nSPS) is 19.2. The molecule has 2 heterocycles. The molecule has 0 radical (unpaired) electrons. The quantitative estimate of drug-likeness (QED) is 0.710. The highest BCUT2D eigenvalue weighted by Crippen LogP contribution is 2.06. The van der Waals surface area contributed by atoms with Crippen LogP contribution in [0.15, 0.2) is 18.6 Å². The van der Waals surface area contributed by atoms with Crippen molar-refractivity contribution in [3.05, 3.63) is 24.3 Å². The molecule has 6 nitrogen and oxygen atoms in total. The third-order valence-corrected chi connectivity index (χ3v) is 2.37. The summed E-state index contributed by atoms with van der Waals surface area (Å²) in [6, 6.07) is -0.399. The smallest absolute Gasteiger partial charge is 0.242 e. The molecule has 0 aromatic carbocycles. The van der Waals surface area contributed by atoms with E-state index < -0.39 is 6.04 Å². The van der Waals surface area contributed by atoms with E-state index in [0.717, 1.165) is 0 Å². The summed E-state index contributed by atoms with van der Waals surface area (Å²) in [5.74, 6) is -0.240. The Morgan fingerprint density at radius 1 is 1.56 bits per heavy atom. The van der Waals surface area contributed by atoms with Crippen LogP contribution in [0.1, 0.15) is 18.5 Å². The first kappa shape index (κ1) is 10.5. The Kier molecular flexibility index (Phi) is 3.09. The second-order valence-electron chi connectivity index (χ2n) is 3.57. The Balaban J connectivity index is 1.82. The molecule has 6 heteroatoms. The predicted octanol–water partition coefficient (Wildman–Crippen LogP) is -0.629. The standard InChI is InChI=1S/C10H12N4O2/c15-9-2-1-8(14-9)10(16)13-6-7-5-11-3-4-12-7/h3-5,8H,1-2,6H2,(H,13,16)(H,14,15). The number of nitrogens with zero attached hydrogens (tertiary/aromatic N) is 2. The summed E-state index contributed by atoms with van der Waals surface area (Å²) in [7, 11) is 0. The van der Waals surface area contributed by atoms with Crippen LogP contribution in [0.5, 0.6) is 0 Å². The van der Waals surface area contributed by atoms with Crippen LogP contribution in [0, 0.1) is 0 Å². The van der Waals surface area contributed by atoms with E-state index in [-0.39, 0.29) is 11.8 Å². The molecule has 1 aliphatic heterocycles. The molecular formula is C10H12N4O2. The highest BCUT2D eigenvalue weighted by atomic mass is 16.2. The molecule has 1 unspecified atom stereocenters. The summed E-state index contributed by atoms with van der Waals surface area (Å²) >= 11 is 0. The van der Waals surface area contributed by atoms with Crippen molar-refractivity contribution >= 4 is 11.8 Å². The van der Waals surface area contributed by atoms with Gasteiger partial charge in [0, 0.05) is 18.8 Å². The van der Waals surface area contributed by atoms with Crippen LogP contribution < -0.4 is 10.6 Å².